The Morgan fingerprint density at radius 2 is 1.82 bits per heavy atom. The van der Waals surface area contributed by atoms with E-state index in [1.165, 1.54) is 32.1 Å². The molecule has 0 aromatic carbocycles. The summed E-state index contributed by atoms with van der Waals surface area (Å²) >= 11 is 0. The molecular formula is C8H18ClNO. The fraction of sp³-hybridized carbons (Fsp3) is 1.00. The van der Waals surface area contributed by atoms with Crippen molar-refractivity contribution in [1.82, 2.24) is 0 Å². The Bertz CT molecular complexity index is 84.2. The molecule has 0 aliphatic heterocycles. The molecule has 11 heavy (non-hydrogen) atoms. The maximum Gasteiger partial charge on any atom is 0.0681 e. The highest BCUT2D eigenvalue weighted by molar-refractivity contribution is 5.85. The van der Waals surface area contributed by atoms with E-state index in [1.54, 1.807) is 0 Å². The standard InChI is InChI=1S/C8H17NO.ClH/c9-10-7-6-8-4-2-1-3-5-8;/h8H,1-7,9H2;1H. The summed E-state index contributed by atoms with van der Waals surface area (Å²) in [7, 11) is 0. The summed E-state index contributed by atoms with van der Waals surface area (Å²) in [5, 5.41) is 0. The van der Waals surface area contributed by atoms with Crippen LogP contribution in [0.25, 0.3) is 0 Å². The predicted octanol–water partition coefficient (Wildman–Crippen LogP) is 2.27. The molecular weight excluding hydrogens is 162 g/mol. The van der Waals surface area contributed by atoms with Gasteiger partial charge in [0.2, 0.25) is 0 Å². The topological polar surface area (TPSA) is 35.2 Å². The minimum Gasteiger partial charge on any atom is -0.305 e. The van der Waals surface area contributed by atoms with Gasteiger partial charge in [0.05, 0.1) is 6.61 Å². The fourth-order valence-corrected chi connectivity index (χ4v) is 1.71. The van der Waals surface area contributed by atoms with Gasteiger partial charge in [0.15, 0.2) is 0 Å². The SMILES string of the molecule is Cl.NOCCC1CCCCC1. The van der Waals surface area contributed by atoms with Crippen molar-refractivity contribution in [3.8, 4) is 0 Å². The average molecular weight is 180 g/mol. The molecule has 1 aliphatic rings. The van der Waals surface area contributed by atoms with Crippen molar-refractivity contribution in [2.24, 2.45) is 11.8 Å². The molecule has 1 fully saturated rings. The van der Waals surface area contributed by atoms with Gasteiger partial charge in [-0.05, 0) is 12.3 Å². The van der Waals surface area contributed by atoms with Crippen LogP contribution in [0, 0.1) is 5.92 Å². The Morgan fingerprint density at radius 1 is 1.18 bits per heavy atom. The molecule has 1 aliphatic carbocycles. The van der Waals surface area contributed by atoms with Gasteiger partial charge >= 0.3 is 0 Å². The Balaban J connectivity index is 0.000001000. The summed E-state index contributed by atoms with van der Waals surface area (Å²) in [6, 6.07) is 0. The van der Waals surface area contributed by atoms with E-state index in [0.717, 1.165) is 18.9 Å². The van der Waals surface area contributed by atoms with Gasteiger partial charge in [-0.3, -0.25) is 0 Å². The predicted molar refractivity (Wildman–Crippen MR) is 48.6 cm³/mol. The smallest absolute Gasteiger partial charge is 0.0681 e. The molecule has 0 radical (unpaired) electrons. The third-order valence-electron chi connectivity index (χ3n) is 2.37. The number of halogens is 1. The maximum atomic E-state index is 4.95. The fourth-order valence-electron chi connectivity index (χ4n) is 1.71. The van der Waals surface area contributed by atoms with Gasteiger partial charge in [-0.25, -0.2) is 5.90 Å². The minimum absolute atomic E-state index is 0. The van der Waals surface area contributed by atoms with Crippen LogP contribution in [-0.2, 0) is 4.84 Å². The summed E-state index contributed by atoms with van der Waals surface area (Å²) in [5.74, 6) is 5.85. The van der Waals surface area contributed by atoms with Crippen molar-refractivity contribution in [2.45, 2.75) is 38.5 Å². The number of nitrogens with two attached hydrogens (primary N) is 1. The Kier molecular flexibility index (Phi) is 7.02. The zero-order valence-corrected chi connectivity index (χ0v) is 7.74. The normalized spacial score (nSPS) is 19.4. The number of rotatable bonds is 3. The van der Waals surface area contributed by atoms with Crippen molar-refractivity contribution in [3.63, 3.8) is 0 Å². The van der Waals surface area contributed by atoms with Crippen LogP contribution in [0.3, 0.4) is 0 Å². The van der Waals surface area contributed by atoms with Crippen LogP contribution >= 0.6 is 12.4 Å². The van der Waals surface area contributed by atoms with Gasteiger partial charge in [-0.2, -0.15) is 0 Å². The second-order valence-corrected chi connectivity index (χ2v) is 3.16. The molecule has 0 atom stereocenters. The van der Waals surface area contributed by atoms with E-state index in [2.05, 4.69) is 4.84 Å². The monoisotopic (exact) mass is 179 g/mol. The Morgan fingerprint density at radius 3 is 2.36 bits per heavy atom. The molecule has 0 spiro atoms. The van der Waals surface area contributed by atoms with Gasteiger partial charge in [-0.15, -0.1) is 12.4 Å². The molecule has 0 amide bonds. The van der Waals surface area contributed by atoms with E-state index >= 15 is 0 Å². The molecule has 0 aromatic heterocycles. The third-order valence-corrected chi connectivity index (χ3v) is 2.37. The van der Waals surface area contributed by atoms with Crippen LogP contribution in [0.4, 0.5) is 0 Å². The van der Waals surface area contributed by atoms with Gasteiger partial charge in [-0.1, -0.05) is 32.1 Å². The summed E-state index contributed by atoms with van der Waals surface area (Å²) in [5.41, 5.74) is 0. The zero-order chi connectivity index (χ0) is 7.23. The Labute approximate surface area is 74.8 Å². The second kappa shape index (κ2) is 6.89. The first-order valence-corrected chi connectivity index (χ1v) is 4.25. The van der Waals surface area contributed by atoms with Crippen molar-refractivity contribution < 1.29 is 4.84 Å². The third kappa shape index (κ3) is 4.62. The van der Waals surface area contributed by atoms with Crippen molar-refractivity contribution in [2.75, 3.05) is 6.61 Å². The first-order valence-electron chi connectivity index (χ1n) is 4.25. The summed E-state index contributed by atoms with van der Waals surface area (Å²) in [4.78, 5) is 4.54. The van der Waals surface area contributed by atoms with E-state index in [0.29, 0.717) is 0 Å². The van der Waals surface area contributed by atoms with Crippen LogP contribution in [0.1, 0.15) is 38.5 Å². The average Bonchev–Trinajstić information content (AvgIpc) is 2.03. The summed E-state index contributed by atoms with van der Waals surface area (Å²) in [6.07, 6.45) is 8.20. The van der Waals surface area contributed by atoms with E-state index in [1.807, 2.05) is 0 Å². The van der Waals surface area contributed by atoms with Gasteiger partial charge in [0.25, 0.3) is 0 Å². The summed E-state index contributed by atoms with van der Waals surface area (Å²) in [6.45, 7) is 0.741. The van der Waals surface area contributed by atoms with Crippen molar-refractivity contribution in [3.05, 3.63) is 0 Å². The zero-order valence-electron chi connectivity index (χ0n) is 6.92. The minimum atomic E-state index is 0. The molecule has 0 aromatic rings. The molecule has 0 saturated heterocycles. The van der Waals surface area contributed by atoms with Crippen LogP contribution in [-0.4, -0.2) is 6.61 Å². The highest BCUT2D eigenvalue weighted by Gasteiger charge is 2.12. The van der Waals surface area contributed by atoms with Crippen LogP contribution in [0.5, 0.6) is 0 Å². The highest BCUT2D eigenvalue weighted by Crippen LogP contribution is 2.25. The first kappa shape index (κ1) is 11.2. The first-order chi connectivity index (χ1) is 4.93. The number of hydrogen-bond donors (Lipinski definition) is 1. The lowest BCUT2D eigenvalue weighted by molar-refractivity contribution is 0.116. The van der Waals surface area contributed by atoms with Crippen LogP contribution < -0.4 is 5.90 Å². The lowest BCUT2D eigenvalue weighted by Crippen LogP contribution is -2.11. The largest absolute Gasteiger partial charge is 0.305 e. The van der Waals surface area contributed by atoms with Crippen LogP contribution in [0.2, 0.25) is 0 Å². The lowest BCUT2D eigenvalue weighted by Gasteiger charge is -2.20. The van der Waals surface area contributed by atoms with Crippen molar-refractivity contribution in [1.29, 1.82) is 0 Å². The Hall–Kier alpha value is 0.210. The maximum absolute atomic E-state index is 4.95. The van der Waals surface area contributed by atoms with E-state index in [-0.39, 0.29) is 12.4 Å². The molecule has 1 saturated carbocycles. The molecule has 68 valence electrons. The van der Waals surface area contributed by atoms with E-state index in [4.69, 9.17) is 5.90 Å². The quantitative estimate of drug-likeness (QED) is 0.675. The van der Waals surface area contributed by atoms with Gasteiger partial charge in [0.1, 0.15) is 0 Å². The van der Waals surface area contributed by atoms with Gasteiger partial charge in [0, 0.05) is 0 Å². The summed E-state index contributed by atoms with van der Waals surface area (Å²) < 4.78 is 0. The molecule has 2 nitrogen and oxygen atoms in total. The molecule has 0 heterocycles. The molecule has 0 unspecified atom stereocenters. The highest BCUT2D eigenvalue weighted by atomic mass is 35.5. The van der Waals surface area contributed by atoms with Crippen LogP contribution in [0.15, 0.2) is 0 Å². The molecule has 0 bridgehead atoms. The number of hydrogen-bond acceptors (Lipinski definition) is 2. The molecule has 1 rings (SSSR count). The second-order valence-electron chi connectivity index (χ2n) is 3.16. The molecule has 3 heteroatoms. The van der Waals surface area contributed by atoms with Crippen molar-refractivity contribution >= 4 is 12.4 Å². The van der Waals surface area contributed by atoms with E-state index < -0.39 is 0 Å². The van der Waals surface area contributed by atoms with E-state index in [9.17, 15) is 0 Å². The molecule has 2 N–H and O–H groups in total. The lowest BCUT2D eigenvalue weighted by atomic mass is 9.87. The van der Waals surface area contributed by atoms with Gasteiger partial charge < -0.3 is 4.84 Å².